The van der Waals surface area contributed by atoms with Gasteiger partial charge in [-0.05, 0) is 109 Å². The summed E-state index contributed by atoms with van der Waals surface area (Å²) in [7, 11) is 0. The van der Waals surface area contributed by atoms with Gasteiger partial charge in [0, 0.05) is 17.9 Å². The molecule has 51 heavy (non-hydrogen) atoms. The molecule has 5 atom stereocenters. The normalized spacial score (nSPS) is 19.9. The number of hydrogen-bond donors (Lipinski definition) is 0. The van der Waals surface area contributed by atoms with E-state index in [4.69, 9.17) is 23.7 Å². The Bertz CT molecular complexity index is 1830. The number of ether oxygens (including phenoxy) is 5. The van der Waals surface area contributed by atoms with Crippen LogP contribution in [0.5, 0.6) is 0 Å². The quantitative estimate of drug-likeness (QED) is 0.107. The van der Waals surface area contributed by atoms with Gasteiger partial charge in [0.05, 0.1) is 28.4 Å². The van der Waals surface area contributed by atoms with E-state index in [1.165, 1.54) is 0 Å². The van der Waals surface area contributed by atoms with Crippen LogP contribution in [0.25, 0.3) is 0 Å². The van der Waals surface area contributed by atoms with Crippen molar-refractivity contribution in [3.8, 4) is 0 Å². The van der Waals surface area contributed by atoms with E-state index in [1.54, 1.807) is 97.1 Å². The van der Waals surface area contributed by atoms with Crippen molar-refractivity contribution in [3.63, 3.8) is 0 Å². The van der Waals surface area contributed by atoms with E-state index in [0.29, 0.717) is 6.42 Å². The van der Waals surface area contributed by atoms with Crippen LogP contribution in [0.1, 0.15) is 61.7 Å². The smallest absolute Gasteiger partial charge is 0.338 e. The van der Waals surface area contributed by atoms with Gasteiger partial charge in [-0.25, -0.2) is 19.2 Å². The highest BCUT2D eigenvalue weighted by atomic mass is 79.9. The Morgan fingerprint density at radius 3 is 1.18 bits per heavy atom. The predicted molar refractivity (Wildman–Crippen MR) is 203 cm³/mol. The summed E-state index contributed by atoms with van der Waals surface area (Å²) in [5, 5.41) is 0. The molecule has 9 nitrogen and oxygen atoms in total. The third-order valence-corrected chi connectivity index (χ3v) is 9.98. The monoisotopic (exact) mass is 948 g/mol. The number of hydrogen-bond acceptors (Lipinski definition) is 9. The number of halogens is 4. The molecule has 266 valence electrons. The Kier molecular flexibility index (Phi) is 13.7. The molecule has 4 aromatic carbocycles. The van der Waals surface area contributed by atoms with Gasteiger partial charge in [0.2, 0.25) is 0 Å². The van der Waals surface area contributed by atoms with Crippen molar-refractivity contribution in [1.29, 1.82) is 0 Å². The van der Waals surface area contributed by atoms with Crippen molar-refractivity contribution in [3.05, 3.63) is 137 Å². The zero-order valence-corrected chi connectivity index (χ0v) is 33.6. The standard InChI is InChI=1S/C38H32Br4O9/c1-21(2)19-30-32(49-36(44)23-5-13-27(40)14-6-23)34(51-38(46)25-9-17-29(42)18-10-25)33(50-37(45)24-7-15-28(41)16-8-24)31(48-30)20-47-35(43)22-3-11-26(39)12-4-22/h3-18,21,30-34H,19-20H2,1-2H3/t30-,31-,32+,33-,34-/m1/s1. The van der Waals surface area contributed by atoms with Gasteiger partial charge >= 0.3 is 23.9 Å². The Morgan fingerprint density at radius 1 is 0.510 bits per heavy atom. The molecule has 4 aromatic rings. The minimum Gasteiger partial charge on any atom is -0.459 e. The van der Waals surface area contributed by atoms with Gasteiger partial charge in [-0.1, -0.05) is 77.6 Å². The van der Waals surface area contributed by atoms with Gasteiger partial charge in [-0.2, -0.15) is 0 Å². The molecule has 0 aliphatic carbocycles. The van der Waals surface area contributed by atoms with Crippen LogP contribution in [0, 0.1) is 5.92 Å². The van der Waals surface area contributed by atoms with Crippen molar-refractivity contribution in [2.24, 2.45) is 5.92 Å². The molecule has 1 heterocycles. The van der Waals surface area contributed by atoms with Crippen LogP contribution < -0.4 is 0 Å². The summed E-state index contributed by atoms with van der Waals surface area (Å²) in [6, 6.07) is 26.2. The lowest BCUT2D eigenvalue weighted by Crippen LogP contribution is -2.62. The number of rotatable bonds is 11. The highest BCUT2D eigenvalue weighted by Gasteiger charge is 2.53. The zero-order valence-electron chi connectivity index (χ0n) is 27.3. The lowest BCUT2D eigenvalue weighted by atomic mass is 9.89. The maximum Gasteiger partial charge on any atom is 0.338 e. The van der Waals surface area contributed by atoms with Crippen LogP contribution in [-0.4, -0.2) is 61.0 Å². The first-order valence-electron chi connectivity index (χ1n) is 15.9. The second kappa shape index (κ2) is 17.9. The van der Waals surface area contributed by atoms with E-state index in [1.807, 2.05) is 13.8 Å². The maximum absolute atomic E-state index is 13.8. The summed E-state index contributed by atoms with van der Waals surface area (Å²) >= 11 is 13.5. The SMILES string of the molecule is CC(C)C[C@H]1O[C@H](COC(=O)c2ccc(Br)cc2)[C@@H](OC(=O)c2ccc(Br)cc2)[C@H](OC(=O)c2ccc(Br)cc2)[C@H]1OC(=O)c1ccc(Br)cc1. The lowest BCUT2D eigenvalue weighted by Gasteiger charge is -2.45. The van der Waals surface area contributed by atoms with Crippen LogP contribution in [-0.2, 0) is 23.7 Å². The Balaban J connectivity index is 1.55. The first-order chi connectivity index (χ1) is 24.4. The van der Waals surface area contributed by atoms with Crippen LogP contribution >= 0.6 is 63.7 Å². The average molecular weight is 952 g/mol. The Hall–Kier alpha value is -3.36. The molecule has 0 aromatic heterocycles. The van der Waals surface area contributed by atoms with Crippen LogP contribution in [0.15, 0.2) is 115 Å². The minimum atomic E-state index is -1.38. The van der Waals surface area contributed by atoms with Crippen molar-refractivity contribution < 1.29 is 42.9 Å². The van der Waals surface area contributed by atoms with E-state index in [-0.39, 0.29) is 34.8 Å². The second-order valence-corrected chi connectivity index (χ2v) is 15.7. The Labute approximate surface area is 328 Å². The molecule has 0 N–H and O–H groups in total. The zero-order chi connectivity index (χ0) is 36.7. The van der Waals surface area contributed by atoms with Gasteiger partial charge in [0.1, 0.15) is 12.7 Å². The van der Waals surface area contributed by atoms with Gasteiger partial charge in [-0.3, -0.25) is 0 Å². The van der Waals surface area contributed by atoms with Crippen LogP contribution in [0.2, 0.25) is 0 Å². The van der Waals surface area contributed by atoms with Crippen LogP contribution in [0.4, 0.5) is 0 Å². The average Bonchev–Trinajstić information content (AvgIpc) is 3.10. The van der Waals surface area contributed by atoms with E-state index in [0.717, 1.165) is 17.9 Å². The molecule has 13 heteroatoms. The highest BCUT2D eigenvalue weighted by molar-refractivity contribution is 9.11. The summed E-state index contributed by atoms with van der Waals surface area (Å²) < 4.78 is 33.6. The fraction of sp³-hybridized carbons (Fsp3) is 0.263. The third kappa shape index (κ3) is 10.6. The molecule has 0 unspecified atom stereocenters. The number of carbonyl (C=O) groups is 4. The van der Waals surface area contributed by atoms with Crippen LogP contribution in [0.3, 0.4) is 0 Å². The maximum atomic E-state index is 13.8. The lowest BCUT2D eigenvalue weighted by molar-refractivity contribution is -0.231. The van der Waals surface area contributed by atoms with Gasteiger partial charge in [0.15, 0.2) is 18.3 Å². The molecule has 0 radical (unpaired) electrons. The largest absolute Gasteiger partial charge is 0.459 e. The summed E-state index contributed by atoms with van der Waals surface area (Å²) in [5.74, 6) is -2.83. The first-order valence-corrected chi connectivity index (χ1v) is 19.0. The van der Waals surface area contributed by atoms with Gasteiger partial charge in [0.25, 0.3) is 0 Å². The Morgan fingerprint density at radius 2 is 0.824 bits per heavy atom. The molecule has 5 rings (SSSR count). The van der Waals surface area contributed by atoms with Crippen molar-refractivity contribution in [2.45, 2.75) is 50.8 Å². The summed E-state index contributed by atoms with van der Waals surface area (Å²) in [4.78, 5) is 54.2. The molecule has 1 fully saturated rings. The molecule has 0 spiro atoms. The minimum absolute atomic E-state index is 0.0274. The summed E-state index contributed by atoms with van der Waals surface area (Å²) in [5.41, 5.74) is 0.943. The summed E-state index contributed by atoms with van der Waals surface area (Å²) in [6.45, 7) is 3.55. The van der Waals surface area contributed by atoms with Gasteiger partial charge < -0.3 is 23.7 Å². The van der Waals surface area contributed by atoms with E-state index < -0.39 is 54.4 Å². The van der Waals surface area contributed by atoms with E-state index in [2.05, 4.69) is 63.7 Å². The third-order valence-electron chi connectivity index (χ3n) is 7.86. The molecular weight excluding hydrogens is 920 g/mol. The van der Waals surface area contributed by atoms with Crippen molar-refractivity contribution in [2.75, 3.05) is 6.61 Å². The molecule has 1 saturated heterocycles. The highest BCUT2D eigenvalue weighted by Crippen LogP contribution is 2.34. The number of benzene rings is 4. The topological polar surface area (TPSA) is 114 Å². The fourth-order valence-electron chi connectivity index (χ4n) is 5.36. The fourth-order valence-corrected chi connectivity index (χ4v) is 6.42. The molecule has 0 amide bonds. The van der Waals surface area contributed by atoms with E-state index in [9.17, 15) is 19.2 Å². The first kappa shape index (κ1) is 38.9. The van der Waals surface area contributed by atoms with Crippen molar-refractivity contribution in [1.82, 2.24) is 0 Å². The second-order valence-electron chi connectivity index (χ2n) is 12.1. The number of esters is 4. The van der Waals surface area contributed by atoms with Crippen molar-refractivity contribution >= 4 is 87.6 Å². The van der Waals surface area contributed by atoms with Gasteiger partial charge in [-0.15, -0.1) is 0 Å². The molecule has 1 aliphatic heterocycles. The predicted octanol–water partition coefficient (Wildman–Crippen LogP) is 9.38. The molecule has 0 saturated carbocycles. The molecule has 0 bridgehead atoms. The van der Waals surface area contributed by atoms with E-state index >= 15 is 0 Å². The molecular formula is C38H32Br4O9. The number of carbonyl (C=O) groups excluding carboxylic acids is 4. The molecule has 1 aliphatic rings. The summed E-state index contributed by atoms with van der Waals surface area (Å²) in [6.07, 6.45) is -5.62.